The summed E-state index contributed by atoms with van der Waals surface area (Å²) < 4.78 is 104. The third-order valence-electron chi connectivity index (χ3n) is 22.4. The molecule has 0 aliphatic heterocycles. The minimum atomic E-state index is -0.456. The van der Waals surface area contributed by atoms with E-state index in [1.165, 1.54) is 72.0 Å². The summed E-state index contributed by atoms with van der Waals surface area (Å²) >= 11 is 0. The van der Waals surface area contributed by atoms with Crippen molar-refractivity contribution in [3.63, 3.8) is 0 Å². The Kier molecular flexibility index (Phi) is 23.9. The molecule has 26 nitrogen and oxygen atoms in total. The van der Waals surface area contributed by atoms with Crippen LogP contribution in [0.2, 0.25) is 0 Å². The van der Waals surface area contributed by atoms with Gasteiger partial charge in [0.1, 0.15) is 63.9 Å². The van der Waals surface area contributed by atoms with Gasteiger partial charge in [-0.25, -0.2) is 50.7 Å². The van der Waals surface area contributed by atoms with Crippen molar-refractivity contribution in [2.24, 2.45) is 0 Å². The van der Waals surface area contributed by atoms with Gasteiger partial charge in [-0.05, 0) is 136 Å². The third kappa shape index (κ3) is 17.4. The van der Waals surface area contributed by atoms with Crippen LogP contribution < -0.4 is 26.2 Å². The lowest BCUT2D eigenvalue weighted by atomic mass is 9.91. The average Bonchev–Trinajstić information content (AvgIpc) is 1.63. The van der Waals surface area contributed by atoms with E-state index in [9.17, 15) is 30.7 Å². The minimum Gasteiger partial charge on any atom is -0.373 e. The zero-order chi connectivity index (χ0) is 87.0. The summed E-state index contributed by atoms with van der Waals surface area (Å²) in [6.07, 6.45) is 24.7. The van der Waals surface area contributed by atoms with Crippen LogP contribution in [0.1, 0.15) is 76.6 Å². The van der Waals surface area contributed by atoms with Crippen LogP contribution in [0.25, 0.3) is 111 Å². The normalized spacial score (nSPS) is 12.5. The Labute approximate surface area is 728 Å². The van der Waals surface area contributed by atoms with Crippen molar-refractivity contribution in [3.8, 4) is 45.2 Å². The molecule has 0 bridgehead atoms. The zero-order valence-electron chi connectivity index (χ0n) is 69.8. The molecule has 1 aliphatic rings. The number of benzene rings is 4. The van der Waals surface area contributed by atoms with E-state index in [1.54, 1.807) is 75.0 Å². The fourth-order valence-corrected chi connectivity index (χ4v) is 16.2. The Morgan fingerprint density at radius 1 is 0.472 bits per heavy atom. The molecule has 0 unspecified atom stereocenters. The van der Waals surface area contributed by atoms with Crippen molar-refractivity contribution in [1.29, 1.82) is 0 Å². The Bertz CT molecular complexity index is 7450. The smallest absolute Gasteiger partial charge is 0.227 e. The van der Waals surface area contributed by atoms with Crippen LogP contribution in [0.15, 0.2) is 208 Å². The Morgan fingerprint density at radius 3 is 1.61 bits per heavy atom. The molecule has 34 heteroatoms. The van der Waals surface area contributed by atoms with Gasteiger partial charge in [-0.1, -0.05) is 68.4 Å². The van der Waals surface area contributed by atoms with Gasteiger partial charge in [0.05, 0.1) is 83.2 Å². The number of aryl methyl sites for hydroxylation is 4. The number of aromatic nitrogens is 21. The minimum absolute atomic E-state index is 0. The molecular formula is C93H85F7N26S. The second kappa shape index (κ2) is 36.0. The van der Waals surface area contributed by atoms with Crippen LogP contribution in [-0.4, -0.2) is 143 Å². The SMILES string of the molecule is CC(C)c1cnn2c(N[C@H]3CCc4[nH]c5c(F)cccc5c4C3)cc(-c3cncc(F)c3)nc12.CN(C)c1cnn2c(NCCc3c[nH]c4ccccc34)cc(-c3cncc(F)c3)nc12.Cc1[nH]c2c(F)cccc2c1CCNc1cc(-c2cncc(F)c2)nc2ccnn12.Cc1[nH]c2c(F)cccc2c1CCNc1nc(-c2cncc(F)c2)nc2c(C)cnn12.S. The highest BCUT2D eigenvalue weighted by Gasteiger charge is 2.27. The van der Waals surface area contributed by atoms with Gasteiger partial charge in [-0.15, -0.1) is 0 Å². The molecule has 20 aromatic rings. The van der Waals surface area contributed by atoms with E-state index >= 15 is 0 Å². The first-order valence-corrected chi connectivity index (χ1v) is 41.0. The molecule has 0 saturated heterocycles. The van der Waals surface area contributed by atoms with E-state index in [0.29, 0.717) is 117 Å². The summed E-state index contributed by atoms with van der Waals surface area (Å²) in [5.74, 6) is 0.968. The van der Waals surface area contributed by atoms with E-state index in [1.807, 2.05) is 99.0 Å². The van der Waals surface area contributed by atoms with Crippen LogP contribution in [0.3, 0.4) is 0 Å². The first-order valence-electron chi connectivity index (χ1n) is 41.0. The average molecular weight is 1730 g/mol. The number of para-hydroxylation sites is 4. The number of nitrogens with one attached hydrogen (secondary N) is 8. The van der Waals surface area contributed by atoms with Gasteiger partial charge in [0.15, 0.2) is 28.4 Å². The number of halogens is 7. The predicted molar refractivity (Wildman–Crippen MR) is 485 cm³/mol. The van der Waals surface area contributed by atoms with Gasteiger partial charge in [-0.2, -0.15) is 56.9 Å². The summed E-state index contributed by atoms with van der Waals surface area (Å²) in [6.45, 7) is 11.8. The quantitative estimate of drug-likeness (QED) is 0.0329. The number of hydrogen-bond acceptors (Lipinski definition) is 18. The lowest BCUT2D eigenvalue weighted by Gasteiger charge is -2.25. The van der Waals surface area contributed by atoms with Crippen molar-refractivity contribution in [1.82, 2.24) is 103 Å². The van der Waals surface area contributed by atoms with Crippen LogP contribution in [0.4, 0.5) is 59.8 Å². The van der Waals surface area contributed by atoms with E-state index in [0.717, 1.165) is 133 Å². The molecule has 1 aliphatic carbocycles. The van der Waals surface area contributed by atoms with Gasteiger partial charge in [0.25, 0.3) is 0 Å². The fourth-order valence-electron chi connectivity index (χ4n) is 16.2. The van der Waals surface area contributed by atoms with E-state index in [2.05, 4.69) is 129 Å². The van der Waals surface area contributed by atoms with E-state index in [4.69, 9.17) is 9.97 Å². The first kappa shape index (κ1) is 84.1. The van der Waals surface area contributed by atoms with Gasteiger partial charge in [0.2, 0.25) is 5.95 Å². The zero-order valence-corrected chi connectivity index (χ0v) is 70.8. The summed E-state index contributed by atoms with van der Waals surface area (Å²) in [7, 11) is 3.89. The molecule has 0 saturated carbocycles. The number of aromatic amines is 4. The summed E-state index contributed by atoms with van der Waals surface area (Å²) in [5, 5.41) is 35.5. The van der Waals surface area contributed by atoms with Gasteiger partial charge in [0, 0.05) is 173 Å². The number of H-pyrrole nitrogens is 4. The summed E-state index contributed by atoms with van der Waals surface area (Å²) in [5.41, 5.74) is 19.9. The molecular weight excluding hydrogens is 1650 g/mol. The monoisotopic (exact) mass is 1730 g/mol. The standard InChI is InChI=1S/C26H24F2N6.C23H22FN7.C22H19F2N7.C22H18F2N6.H2S/c1-14(2)20-13-30-34-24(10-23(33-26(20)34)15-8-16(27)12-29-11-15)31-17-6-7-22-19(9-17)18-4-3-5-21(28)25(18)32-22;1-30(2)21-14-28-31-22(10-20(29-23(21)31)16-9-17(24)13-25-11-16)26-8-7-15-12-27-19-6-4-3-5-18(15)19;1-12-9-27-31-21(12)29-20(14-8-15(23)11-25-10-14)30-22(31)26-7-6-16-13(2)28-19-17(16)4-3-5-18(19)24;1-13-16(17-3-2-4-18(24)22(17)28-13)5-7-26-21-10-19(14-9-15(23)12-25-11-14)29-20-6-8-27-30(20)21;/h3-5,8,10-14,17,31-32H,6-7,9H2,1-2H3;3-6,9-14,26-27H,7-8H2,1-2H3;3-5,8-11,28H,6-7H2,1-2H3,(H,26,29,30);2-4,6,8-12,26,28H,5,7H2,1H3;1H2/t17-;;;;/m0..../s1. The van der Waals surface area contributed by atoms with Crippen LogP contribution in [0.5, 0.6) is 0 Å². The molecule has 16 heterocycles. The fraction of sp³-hybridized carbons (Fsp3) is 0.194. The predicted octanol–water partition coefficient (Wildman–Crippen LogP) is 18.6. The van der Waals surface area contributed by atoms with Gasteiger partial charge < -0.3 is 46.1 Å². The lowest BCUT2D eigenvalue weighted by molar-refractivity contribution is 0.602. The van der Waals surface area contributed by atoms with Crippen LogP contribution in [-0.2, 0) is 32.1 Å². The van der Waals surface area contributed by atoms with Crippen LogP contribution >= 0.6 is 13.5 Å². The Morgan fingerprint density at radius 2 is 0.992 bits per heavy atom. The third-order valence-corrected chi connectivity index (χ3v) is 22.4. The van der Waals surface area contributed by atoms with Crippen LogP contribution in [0, 0.1) is 61.5 Å². The summed E-state index contributed by atoms with van der Waals surface area (Å²) in [4.78, 5) is 53.7. The highest BCUT2D eigenvalue weighted by Crippen LogP contribution is 2.36. The second-order valence-corrected chi connectivity index (χ2v) is 31.3. The number of nitrogens with zero attached hydrogens (tertiary/aromatic N) is 18. The first-order chi connectivity index (χ1) is 61.2. The number of rotatable bonds is 20. The van der Waals surface area contributed by atoms with Crippen molar-refractivity contribution in [3.05, 3.63) is 299 Å². The molecule has 0 spiro atoms. The molecule has 16 aromatic heterocycles. The second-order valence-electron chi connectivity index (χ2n) is 31.3. The molecule has 8 N–H and O–H groups in total. The van der Waals surface area contributed by atoms with E-state index in [-0.39, 0.29) is 42.9 Å². The maximum atomic E-state index is 14.3. The molecule has 0 fully saturated rings. The molecule has 127 heavy (non-hydrogen) atoms. The number of pyridine rings is 4. The molecule has 0 radical (unpaired) electrons. The number of fused-ring (bicyclic) bond motifs is 10. The topological polar surface area (TPSA) is 300 Å². The Balaban J connectivity index is 0.000000119. The van der Waals surface area contributed by atoms with Gasteiger partial charge in [-0.3, -0.25) is 19.9 Å². The van der Waals surface area contributed by atoms with Crippen molar-refractivity contribution in [2.45, 2.75) is 85.1 Å². The molecule has 642 valence electrons. The molecule has 4 aromatic carbocycles. The largest absolute Gasteiger partial charge is 0.373 e. The van der Waals surface area contributed by atoms with Crippen molar-refractivity contribution < 1.29 is 30.7 Å². The lowest BCUT2D eigenvalue weighted by Crippen LogP contribution is -2.28. The number of anilines is 5. The van der Waals surface area contributed by atoms with Gasteiger partial charge >= 0.3 is 0 Å². The highest BCUT2D eigenvalue weighted by atomic mass is 32.1. The van der Waals surface area contributed by atoms with Crippen molar-refractivity contribution in [2.75, 3.05) is 59.9 Å². The maximum absolute atomic E-state index is 14.3. The Hall–Kier alpha value is -15.1. The van der Waals surface area contributed by atoms with E-state index < -0.39 is 23.3 Å². The number of hydrogen-bond donors (Lipinski definition) is 8. The maximum Gasteiger partial charge on any atom is 0.227 e. The summed E-state index contributed by atoms with van der Waals surface area (Å²) in [6, 6.07) is 36.8. The molecule has 21 rings (SSSR count). The molecule has 0 amide bonds. The molecule has 1 atom stereocenters. The van der Waals surface area contributed by atoms with Crippen molar-refractivity contribution >= 4 is 109 Å². The highest BCUT2D eigenvalue weighted by molar-refractivity contribution is 7.59.